The average molecular weight is 404 g/mol. The van der Waals surface area contributed by atoms with Crippen LogP contribution in [0.15, 0.2) is 52.3 Å². The summed E-state index contributed by atoms with van der Waals surface area (Å²) in [6, 6.07) is 9.96. The fourth-order valence-corrected chi connectivity index (χ4v) is 4.87. The first-order valence-corrected chi connectivity index (χ1v) is 10.9. The summed E-state index contributed by atoms with van der Waals surface area (Å²) in [6.45, 7) is 2.70. The molecule has 2 aromatic rings. The van der Waals surface area contributed by atoms with Gasteiger partial charge in [0.05, 0.1) is 4.90 Å². The van der Waals surface area contributed by atoms with E-state index in [1.165, 1.54) is 22.6 Å². The van der Waals surface area contributed by atoms with Gasteiger partial charge in [-0.2, -0.15) is 4.31 Å². The van der Waals surface area contributed by atoms with Crippen molar-refractivity contribution in [3.8, 4) is 0 Å². The molecule has 1 aromatic carbocycles. The van der Waals surface area contributed by atoms with Crippen LogP contribution in [0.2, 0.25) is 0 Å². The minimum absolute atomic E-state index is 0.0377. The molecule has 1 saturated heterocycles. The van der Waals surface area contributed by atoms with Crippen LogP contribution in [0.4, 0.5) is 5.69 Å². The van der Waals surface area contributed by atoms with Crippen LogP contribution >= 0.6 is 0 Å². The van der Waals surface area contributed by atoms with Crippen molar-refractivity contribution < 1.29 is 13.2 Å². The standard InChI is InChI=1S/C20H25N3O4S/c1-2-16-8-4-5-9-18(16)21-19(24)15-22-14-17(10-11-20(22)25)28(26,27)23-12-6-3-7-13-23/h4-5,8-11,14H,2-3,6-7,12-13,15H2,1H3,(H,21,24). The molecular weight excluding hydrogens is 378 g/mol. The Hall–Kier alpha value is -2.45. The van der Waals surface area contributed by atoms with Crippen molar-refractivity contribution in [1.82, 2.24) is 8.87 Å². The summed E-state index contributed by atoms with van der Waals surface area (Å²) in [5.74, 6) is -0.379. The SMILES string of the molecule is CCc1ccccc1NC(=O)Cn1cc(S(=O)(=O)N2CCCCC2)ccc1=O. The second kappa shape index (κ2) is 8.70. The first kappa shape index (κ1) is 20.3. The summed E-state index contributed by atoms with van der Waals surface area (Å²) < 4.78 is 28.2. The predicted octanol–water partition coefficient (Wildman–Crippen LogP) is 2.22. The van der Waals surface area contributed by atoms with Crippen molar-refractivity contribution in [2.45, 2.75) is 44.0 Å². The van der Waals surface area contributed by atoms with Gasteiger partial charge in [-0.25, -0.2) is 8.42 Å². The Labute approximate surface area is 165 Å². The van der Waals surface area contributed by atoms with Crippen LogP contribution in [-0.4, -0.2) is 36.3 Å². The lowest BCUT2D eigenvalue weighted by molar-refractivity contribution is -0.116. The number of rotatable bonds is 6. The third-order valence-electron chi connectivity index (χ3n) is 4.90. The topological polar surface area (TPSA) is 88.5 Å². The van der Waals surface area contributed by atoms with Crippen molar-refractivity contribution in [1.29, 1.82) is 0 Å². The Bertz CT molecular complexity index is 1010. The summed E-state index contributed by atoms with van der Waals surface area (Å²) in [6.07, 6.45) is 4.71. The monoisotopic (exact) mass is 403 g/mol. The van der Waals surface area contributed by atoms with Crippen LogP contribution < -0.4 is 10.9 Å². The highest BCUT2D eigenvalue weighted by Gasteiger charge is 2.26. The molecule has 0 atom stereocenters. The number of nitrogens with zero attached hydrogens (tertiary/aromatic N) is 2. The van der Waals surface area contributed by atoms with E-state index in [4.69, 9.17) is 0 Å². The van der Waals surface area contributed by atoms with Gasteiger partial charge in [-0.1, -0.05) is 31.5 Å². The molecule has 2 heterocycles. The number of hydrogen-bond donors (Lipinski definition) is 1. The lowest BCUT2D eigenvalue weighted by Gasteiger charge is -2.26. The molecule has 0 saturated carbocycles. The van der Waals surface area contributed by atoms with E-state index < -0.39 is 15.6 Å². The molecular formula is C20H25N3O4S. The van der Waals surface area contributed by atoms with E-state index in [9.17, 15) is 18.0 Å². The van der Waals surface area contributed by atoms with Crippen LogP contribution in [0.25, 0.3) is 0 Å². The molecule has 1 aliphatic rings. The van der Waals surface area contributed by atoms with Crippen LogP contribution in [0.1, 0.15) is 31.7 Å². The zero-order valence-electron chi connectivity index (χ0n) is 15.9. The number of nitrogens with one attached hydrogen (secondary N) is 1. The summed E-state index contributed by atoms with van der Waals surface area (Å²) in [5, 5.41) is 2.80. The van der Waals surface area contributed by atoms with Crippen molar-refractivity contribution in [2.24, 2.45) is 0 Å². The van der Waals surface area contributed by atoms with Gasteiger partial charge in [-0.15, -0.1) is 0 Å². The minimum Gasteiger partial charge on any atom is -0.324 e. The molecule has 150 valence electrons. The summed E-state index contributed by atoms with van der Waals surface area (Å²) in [7, 11) is -3.66. The van der Waals surface area contributed by atoms with Crippen molar-refractivity contribution in [2.75, 3.05) is 18.4 Å². The maximum absolute atomic E-state index is 12.8. The Kier molecular flexibility index (Phi) is 6.31. The Morgan fingerprint density at radius 1 is 1.07 bits per heavy atom. The maximum Gasteiger partial charge on any atom is 0.251 e. The van der Waals surface area contributed by atoms with Crippen molar-refractivity contribution in [3.05, 3.63) is 58.5 Å². The van der Waals surface area contributed by atoms with E-state index in [1.54, 1.807) is 6.07 Å². The molecule has 1 aliphatic heterocycles. The van der Waals surface area contributed by atoms with Crippen LogP contribution in [0, 0.1) is 0 Å². The Morgan fingerprint density at radius 2 is 1.79 bits per heavy atom. The Morgan fingerprint density at radius 3 is 2.50 bits per heavy atom. The predicted molar refractivity (Wildman–Crippen MR) is 108 cm³/mol. The van der Waals surface area contributed by atoms with Gasteiger partial charge < -0.3 is 9.88 Å². The molecule has 8 heteroatoms. The molecule has 0 radical (unpaired) electrons. The van der Waals surface area contributed by atoms with Gasteiger partial charge in [-0.05, 0) is 37.0 Å². The molecule has 28 heavy (non-hydrogen) atoms. The number of aromatic nitrogens is 1. The summed E-state index contributed by atoms with van der Waals surface area (Å²) in [4.78, 5) is 24.6. The van der Waals surface area contributed by atoms with E-state index in [-0.39, 0.29) is 17.3 Å². The number of para-hydroxylation sites is 1. The van der Waals surface area contributed by atoms with Crippen LogP contribution in [0.3, 0.4) is 0 Å². The minimum atomic E-state index is -3.66. The quantitative estimate of drug-likeness (QED) is 0.801. The highest BCUT2D eigenvalue weighted by molar-refractivity contribution is 7.89. The molecule has 1 fully saturated rings. The summed E-state index contributed by atoms with van der Waals surface area (Å²) >= 11 is 0. The number of sulfonamides is 1. The van der Waals surface area contributed by atoms with Gasteiger partial charge in [-0.3, -0.25) is 9.59 Å². The number of benzene rings is 1. The number of amides is 1. The highest BCUT2D eigenvalue weighted by atomic mass is 32.2. The van der Waals surface area contributed by atoms with E-state index >= 15 is 0 Å². The fourth-order valence-electron chi connectivity index (χ4n) is 3.33. The normalized spacial score (nSPS) is 15.3. The van der Waals surface area contributed by atoms with Gasteiger partial charge in [0, 0.05) is 31.0 Å². The van der Waals surface area contributed by atoms with Crippen molar-refractivity contribution >= 4 is 21.6 Å². The molecule has 0 bridgehead atoms. The van der Waals surface area contributed by atoms with Crippen LogP contribution in [0.5, 0.6) is 0 Å². The molecule has 1 N–H and O–H groups in total. The number of aryl methyl sites for hydroxylation is 1. The number of hydrogen-bond acceptors (Lipinski definition) is 4. The number of anilines is 1. The number of piperidine rings is 1. The maximum atomic E-state index is 12.8. The number of carbonyl (C=O) groups excluding carboxylic acids is 1. The first-order valence-electron chi connectivity index (χ1n) is 9.50. The average Bonchev–Trinajstić information content (AvgIpc) is 2.70. The van der Waals surface area contributed by atoms with E-state index in [1.807, 2.05) is 25.1 Å². The summed E-state index contributed by atoms with van der Waals surface area (Å²) in [5.41, 5.74) is 1.27. The first-order chi connectivity index (χ1) is 13.4. The van der Waals surface area contributed by atoms with Gasteiger partial charge in [0.25, 0.3) is 5.56 Å². The van der Waals surface area contributed by atoms with Crippen molar-refractivity contribution in [3.63, 3.8) is 0 Å². The van der Waals surface area contributed by atoms with E-state index in [0.717, 1.165) is 35.8 Å². The van der Waals surface area contributed by atoms with E-state index in [0.29, 0.717) is 18.8 Å². The van der Waals surface area contributed by atoms with Gasteiger partial charge in [0.1, 0.15) is 6.54 Å². The zero-order chi connectivity index (χ0) is 20.1. The van der Waals surface area contributed by atoms with Gasteiger partial charge in [0.2, 0.25) is 15.9 Å². The van der Waals surface area contributed by atoms with Gasteiger partial charge in [0.15, 0.2) is 0 Å². The molecule has 7 nitrogen and oxygen atoms in total. The lowest BCUT2D eigenvalue weighted by atomic mass is 10.1. The van der Waals surface area contributed by atoms with Crippen LogP contribution in [-0.2, 0) is 27.8 Å². The third kappa shape index (κ3) is 4.51. The van der Waals surface area contributed by atoms with Gasteiger partial charge >= 0.3 is 0 Å². The molecule has 0 unspecified atom stereocenters. The molecule has 3 rings (SSSR count). The smallest absolute Gasteiger partial charge is 0.251 e. The molecule has 1 amide bonds. The second-order valence-electron chi connectivity index (χ2n) is 6.85. The lowest BCUT2D eigenvalue weighted by Crippen LogP contribution is -2.36. The zero-order valence-corrected chi connectivity index (χ0v) is 16.7. The third-order valence-corrected chi connectivity index (χ3v) is 6.78. The molecule has 0 aliphatic carbocycles. The molecule has 1 aromatic heterocycles. The fraction of sp³-hybridized carbons (Fsp3) is 0.400. The highest BCUT2D eigenvalue weighted by Crippen LogP contribution is 2.20. The second-order valence-corrected chi connectivity index (χ2v) is 8.79. The number of pyridine rings is 1. The van der Waals surface area contributed by atoms with E-state index in [2.05, 4.69) is 5.32 Å². The molecule has 0 spiro atoms. The Balaban J connectivity index is 1.80. The number of carbonyl (C=O) groups is 1. The largest absolute Gasteiger partial charge is 0.324 e.